The van der Waals surface area contributed by atoms with Crippen LogP contribution in [-0.4, -0.2) is 20.7 Å². The van der Waals surface area contributed by atoms with Crippen LogP contribution in [0.2, 0.25) is 0 Å². The predicted molar refractivity (Wildman–Crippen MR) is 76.9 cm³/mol. The first-order valence-electron chi connectivity index (χ1n) is 6.45. The predicted octanol–water partition coefficient (Wildman–Crippen LogP) is 1.10. The Kier molecular flexibility index (Phi) is 4.02. The number of hydrogen-bond donors (Lipinski definition) is 2. The first-order valence-corrected chi connectivity index (χ1v) is 6.45. The fraction of sp³-hybridized carbons (Fsp3) is 0.357. The standard InChI is InChI=1S/C14H19N5O/c1-9-4-5-12(6-16-9)7-17-13(20)8-19-11(3)14(15)10(2)18-19/h4-6H,7-8,15H2,1-3H3,(H,17,20). The molecule has 0 saturated heterocycles. The van der Waals surface area contributed by atoms with Gasteiger partial charge in [0.15, 0.2) is 0 Å². The first-order chi connectivity index (χ1) is 9.47. The third kappa shape index (κ3) is 3.14. The second kappa shape index (κ2) is 5.73. The summed E-state index contributed by atoms with van der Waals surface area (Å²) in [7, 11) is 0. The van der Waals surface area contributed by atoms with Crippen LogP contribution >= 0.6 is 0 Å². The van der Waals surface area contributed by atoms with Crippen LogP contribution in [0.5, 0.6) is 0 Å². The lowest BCUT2D eigenvalue weighted by Gasteiger charge is -2.07. The maximum absolute atomic E-state index is 11.9. The molecule has 3 N–H and O–H groups in total. The van der Waals surface area contributed by atoms with Crippen molar-refractivity contribution in [2.24, 2.45) is 0 Å². The van der Waals surface area contributed by atoms with Crippen LogP contribution in [0.1, 0.15) is 22.6 Å². The number of nitrogens with zero attached hydrogens (tertiary/aromatic N) is 3. The van der Waals surface area contributed by atoms with Gasteiger partial charge in [-0.2, -0.15) is 5.10 Å². The summed E-state index contributed by atoms with van der Waals surface area (Å²) in [5.41, 5.74) is 9.96. The minimum Gasteiger partial charge on any atom is -0.396 e. The van der Waals surface area contributed by atoms with Crippen LogP contribution in [-0.2, 0) is 17.9 Å². The fourth-order valence-electron chi connectivity index (χ4n) is 1.86. The molecule has 20 heavy (non-hydrogen) atoms. The molecule has 0 unspecified atom stereocenters. The maximum atomic E-state index is 11.9. The second-order valence-electron chi connectivity index (χ2n) is 4.83. The van der Waals surface area contributed by atoms with Crippen molar-refractivity contribution in [1.29, 1.82) is 0 Å². The van der Waals surface area contributed by atoms with Gasteiger partial charge in [-0.1, -0.05) is 6.07 Å². The summed E-state index contributed by atoms with van der Waals surface area (Å²) in [6.45, 7) is 6.24. The third-order valence-corrected chi connectivity index (χ3v) is 3.19. The smallest absolute Gasteiger partial charge is 0.242 e. The molecule has 0 fully saturated rings. The molecule has 0 bridgehead atoms. The van der Waals surface area contributed by atoms with E-state index < -0.39 is 0 Å². The number of carbonyl (C=O) groups excluding carboxylic acids is 1. The topological polar surface area (TPSA) is 85.8 Å². The largest absolute Gasteiger partial charge is 0.396 e. The molecule has 0 aliphatic carbocycles. The molecule has 6 heteroatoms. The van der Waals surface area contributed by atoms with Crippen molar-refractivity contribution in [2.45, 2.75) is 33.9 Å². The lowest BCUT2D eigenvalue weighted by molar-refractivity contribution is -0.122. The molecule has 6 nitrogen and oxygen atoms in total. The van der Waals surface area contributed by atoms with Crippen molar-refractivity contribution in [3.05, 3.63) is 41.0 Å². The molecule has 0 radical (unpaired) electrons. The summed E-state index contributed by atoms with van der Waals surface area (Å²) in [6, 6.07) is 3.87. The SMILES string of the molecule is Cc1ccc(CNC(=O)Cn2nc(C)c(N)c2C)cn1. The molecule has 0 aliphatic rings. The normalized spacial score (nSPS) is 10.6. The molecule has 2 heterocycles. The molecule has 2 rings (SSSR count). The van der Waals surface area contributed by atoms with E-state index >= 15 is 0 Å². The molecule has 1 amide bonds. The van der Waals surface area contributed by atoms with Gasteiger partial charge < -0.3 is 11.1 Å². The fourth-order valence-corrected chi connectivity index (χ4v) is 1.86. The highest BCUT2D eigenvalue weighted by Gasteiger charge is 2.11. The Morgan fingerprint density at radius 1 is 1.35 bits per heavy atom. The molecule has 0 aliphatic heterocycles. The van der Waals surface area contributed by atoms with Gasteiger partial charge in [-0.25, -0.2) is 0 Å². The Morgan fingerprint density at radius 3 is 2.65 bits per heavy atom. The van der Waals surface area contributed by atoms with E-state index in [1.165, 1.54) is 0 Å². The number of amides is 1. The highest BCUT2D eigenvalue weighted by Crippen LogP contribution is 2.14. The molecule has 0 atom stereocenters. The molecular weight excluding hydrogens is 254 g/mol. The van der Waals surface area contributed by atoms with E-state index in [1.54, 1.807) is 10.9 Å². The summed E-state index contributed by atoms with van der Waals surface area (Å²) >= 11 is 0. The van der Waals surface area contributed by atoms with Crippen LogP contribution in [0.25, 0.3) is 0 Å². The van der Waals surface area contributed by atoms with E-state index in [1.807, 2.05) is 32.9 Å². The van der Waals surface area contributed by atoms with E-state index in [2.05, 4.69) is 15.4 Å². The maximum Gasteiger partial charge on any atom is 0.242 e. The van der Waals surface area contributed by atoms with Crippen LogP contribution in [0.15, 0.2) is 18.3 Å². The van der Waals surface area contributed by atoms with Gasteiger partial charge in [0.2, 0.25) is 5.91 Å². The monoisotopic (exact) mass is 273 g/mol. The number of hydrogen-bond acceptors (Lipinski definition) is 4. The minimum absolute atomic E-state index is 0.101. The zero-order valence-corrected chi connectivity index (χ0v) is 12.0. The molecule has 0 aromatic carbocycles. The lowest BCUT2D eigenvalue weighted by Crippen LogP contribution is -2.28. The number of pyridine rings is 1. The zero-order valence-electron chi connectivity index (χ0n) is 12.0. The number of carbonyl (C=O) groups is 1. The quantitative estimate of drug-likeness (QED) is 0.873. The van der Waals surface area contributed by atoms with Gasteiger partial charge in [-0.15, -0.1) is 0 Å². The number of nitrogen functional groups attached to an aromatic ring is 1. The van der Waals surface area contributed by atoms with Crippen molar-refractivity contribution in [3.8, 4) is 0 Å². The summed E-state index contributed by atoms with van der Waals surface area (Å²) < 4.78 is 1.62. The van der Waals surface area contributed by atoms with Gasteiger partial charge in [0.1, 0.15) is 6.54 Å². The van der Waals surface area contributed by atoms with E-state index in [0.717, 1.165) is 22.6 Å². The van der Waals surface area contributed by atoms with Crippen molar-refractivity contribution in [3.63, 3.8) is 0 Å². The number of nitrogens with one attached hydrogen (secondary N) is 1. The van der Waals surface area contributed by atoms with Crippen molar-refractivity contribution >= 4 is 11.6 Å². The third-order valence-electron chi connectivity index (χ3n) is 3.19. The van der Waals surface area contributed by atoms with Crippen LogP contribution in [0.3, 0.4) is 0 Å². The number of aryl methyl sites for hydroxylation is 2. The number of rotatable bonds is 4. The molecular formula is C14H19N5O. The van der Waals surface area contributed by atoms with Crippen LogP contribution in [0.4, 0.5) is 5.69 Å². The van der Waals surface area contributed by atoms with Crippen molar-refractivity contribution < 1.29 is 4.79 Å². The summed E-state index contributed by atoms with van der Waals surface area (Å²) in [4.78, 5) is 16.1. The molecule has 0 saturated carbocycles. The van der Waals surface area contributed by atoms with E-state index in [0.29, 0.717) is 12.2 Å². The van der Waals surface area contributed by atoms with Gasteiger partial charge in [0.25, 0.3) is 0 Å². The van der Waals surface area contributed by atoms with Crippen molar-refractivity contribution in [2.75, 3.05) is 5.73 Å². The highest BCUT2D eigenvalue weighted by atomic mass is 16.2. The van der Waals surface area contributed by atoms with Crippen molar-refractivity contribution in [1.82, 2.24) is 20.1 Å². The summed E-state index contributed by atoms with van der Waals surface area (Å²) in [5, 5.41) is 7.08. The van der Waals surface area contributed by atoms with Gasteiger partial charge >= 0.3 is 0 Å². The van der Waals surface area contributed by atoms with Gasteiger partial charge in [0, 0.05) is 18.4 Å². The summed E-state index contributed by atoms with van der Waals surface area (Å²) in [6.07, 6.45) is 1.76. The van der Waals surface area contributed by atoms with Crippen LogP contribution in [0, 0.1) is 20.8 Å². The van der Waals surface area contributed by atoms with Crippen LogP contribution < -0.4 is 11.1 Å². The Labute approximate surface area is 118 Å². The molecule has 2 aromatic rings. The number of nitrogens with two attached hydrogens (primary N) is 1. The van der Waals surface area contributed by atoms with E-state index in [-0.39, 0.29) is 12.5 Å². The average Bonchev–Trinajstić information content (AvgIpc) is 2.66. The molecule has 0 spiro atoms. The zero-order chi connectivity index (χ0) is 14.7. The van der Waals surface area contributed by atoms with E-state index in [4.69, 9.17) is 5.73 Å². The highest BCUT2D eigenvalue weighted by molar-refractivity contribution is 5.75. The van der Waals surface area contributed by atoms with Gasteiger partial charge in [-0.05, 0) is 32.4 Å². The summed E-state index contributed by atoms with van der Waals surface area (Å²) in [5.74, 6) is -0.101. The molecule has 106 valence electrons. The first kappa shape index (κ1) is 14.0. The Balaban J connectivity index is 1.92. The van der Waals surface area contributed by atoms with Gasteiger partial charge in [0.05, 0.1) is 17.1 Å². The Morgan fingerprint density at radius 2 is 2.10 bits per heavy atom. The minimum atomic E-state index is -0.101. The average molecular weight is 273 g/mol. The number of anilines is 1. The Hall–Kier alpha value is -2.37. The van der Waals surface area contributed by atoms with E-state index in [9.17, 15) is 4.79 Å². The number of aromatic nitrogens is 3. The van der Waals surface area contributed by atoms with Gasteiger partial charge in [-0.3, -0.25) is 14.5 Å². The Bertz CT molecular complexity index is 615. The second-order valence-corrected chi connectivity index (χ2v) is 4.83. The molecule has 2 aromatic heterocycles. The lowest BCUT2D eigenvalue weighted by atomic mass is 10.2.